The number of rotatable bonds is 5. The predicted octanol–water partition coefficient (Wildman–Crippen LogP) is 5.23. The number of carboxylic acid groups (broad SMARTS) is 1. The van der Waals surface area contributed by atoms with Gasteiger partial charge in [0.25, 0.3) is 5.91 Å². The number of carbonyl (C=O) groups is 2. The Morgan fingerprint density at radius 3 is 2.67 bits per heavy atom. The Morgan fingerprint density at radius 2 is 2.00 bits per heavy atom. The van der Waals surface area contributed by atoms with Gasteiger partial charge in [-0.05, 0) is 42.5 Å². The summed E-state index contributed by atoms with van der Waals surface area (Å²) in [5.74, 6) is -1.63. The van der Waals surface area contributed by atoms with Gasteiger partial charge in [0, 0.05) is 10.6 Å². The Balaban J connectivity index is 1.95. The fraction of sp³-hybridized carbons (Fsp3) is 0.105. The third kappa shape index (κ3) is 4.94. The Morgan fingerprint density at radius 1 is 1.27 bits per heavy atom. The number of aliphatic carboxylic acids is 1. The first-order valence-corrected chi connectivity index (χ1v) is 9.76. The number of hydrogen-bond acceptors (Lipinski definition) is 5. The molecule has 1 saturated heterocycles. The second kappa shape index (κ2) is 8.66. The van der Waals surface area contributed by atoms with Crippen molar-refractivity contribution in [1.82, 2.24) is 0 Å². The summed E-state index contributed by atoms with van der Waals surface area (Å²) in [6, 6.07) is 8.69. The number of thioether (sulfide) groups is 1. The second-order valence-corrected chi connectivity index (χ2v) is 8.04. The van der Waals surface area contributed by atoms with E-state index in [-0.39, 0.29) is 20.7 Å². The molecule has 156 valence electrons. The molecule has 1 amide bonds. The average molecular weight is 474 g/mol. The molecular formula is C19H11ClF3NO4S2. The zero-order valence-electron chi connectivity index (χ0n) is 14.8. The van der Waals surface area contributed by atoms with Crippen LogP contribution in [0.1, 0.15) is 11.1 Å². The first kappa shape index (κ1) is 22.1. The maximum absolute atomic E-state index is 13.0. The van der Waals surface area contributed by atoms with Crippen LogP contribution in [0, 0.1) is 0 Å². The summed E-state index contributed by atoms with van der Waals surface area (Å²) in [5, 5.41) is 9.11. The molecule has 1 heterocycles. The van der Waals surface area contributed by atoms with E-state index in [0.717, 1.165) is 28.8 Å². The van der Waals surface area contributed by atoms with Crippen molar-refractivity contribution in [3.63, 3.8) is 0 Å². The number of carboxylic acids is 1. The van der Waals surface area contributed by atoms with Gasteiger partial charge in [-0.15, -0.1) is 0 Å². The molecule has 0 aliphatic carbocycles. The van der Waals surface area contributed by atoms with Gasteiger partial charge in [0.1, 0.15) is 5.75 Å². The van der Waals surface area contributed by atoms with E-state index in [9.17, 15) is 22.8 Å². The molecule has 0 bridgehead atoms. The lowest BCUT2D eigenvalue weighted by atomic mass is 10.1. The molecule has 1 N–H and O–H groups in total. The zero-order chi connectivity index (χ0) is 22.1. The van der Waals surface area contributed by atoms with E-state index in [1.165, 1.54) is 36.4 Å². The molecule has 2 aromatic carbocycles. The minimum absolute atomic E-state index is 0.0100. The minimum Gasteiger partial charge on any atom is -0.481 e. The summed E-state index contributed by atoms with van der Waals surface area (Å²) in [4.78, 5) is 24.7. The second-order valence-electron chi connectivity index (χ2n) is 5.93. The van der Waals surface area contributed by atoms with E-state index in [1.54, 1.807) is 0 Å². The van der Waals surface area contributed by atoms with Crippen LogP contribution < -0.4 is 9.64 Å². The number of halogens is 4. The number of benzene rings is 2. The Labute approximate surface area is 183 Å². The number of thiocarbonyl (C=S) groups is 1. The summed E-state index contributed by atoms with van der Waals surface area (Å²) in [5.41, 5.74) is -0.588. The van der Waals surface area contributed by atoms with E-state index in [4.69, 9.17) is 33.7 Å². The maximum Gasteiger partial charge on any atom is 0.416 e. The first-order chi connectivity index (χ1) is 14.1. The van der Waals surface area contributed by atoms with Gasteiger partial charge in [-0.2, -0.15) is 13.2 Å². The number of hydrogen-bond donors (Lipinski definition) is 1. The Kier molecular flexibility index (Phi) is 6.39. The van der Waals surface area contributed by atoms with Gasteiger partial charge in [0.05, 0.1) is 16.2 Å². The van der Waals surface area contributed by atoms with Crippen LogP contribution in [0.3, 0.4) is 0 Å². The van der Waals surface area contributed by atoms with E-state index < -0.39 is 30.2 Å². The van der Waals surface area contributed by atoms with Crippen molar-refractivity contribution in [3.8, 4) is 5.75 Å². The molecule has 0 radical (unpaired) electrons. The highest BCUT2D eigenvalue weighted by Crippen LogP contribution is 2.39. The van der Waals surface area contributed by atoms with Gasteiger partial charge >= 0.3 is 12.1 Å². The molecule has 1 aliphatic heterocycles. The van der Waals surface area contributed by atoms with Crippen molar-refractivity contribution in [2.24, 2.45) is 0 Å². The Bertz CT molecular complexity index is 1070. The van der Waals surface area contributed by atoms with E-state index >= 15 is 0 Å². The van der Waals surface area contributed by atoms with Crippen LogP contribution in [0.25, 0.3) is 6.08 Å². The topological polar surface area (TPSA) is 66.8 Å². The van der Waals surface area contributed by atoms with E-state index in [0.29, 0.717) is 10.6 Å². The van der Waals surface area contributed by atoms with E-state index in [2.05, 4.69) is 0 Å². The van der Waals surface area contributed by atoms with Gasteiger partial charge in [0.2, 0.25) is 0 Å². The van der Waals surface area contributed by atoms with Gasteiger partial charge < -0.3 is 9.84 Å². The highest BCUT2D eigenvalue weighted by molar-refractivity contribution is 8.27. The number of alkyl halides is 3. The Hall–Kier alpha value is -2.56. The van der Waals surface area contributed by atoms with Crippen LogP contribution in [-0.2, 0) is 15.8 Å². The summed E-state index contributed by atoms with van der Waals surface area (Å²) >= 11 is 12.1. The molecule has 2 aromatic rings. The predicted molar refractivity (Wildman–Crippen MR) is 112 cm³/mol. The van der Waals surface area contributed by atoms with Gasteiger partial charge in [-0.1, -0.05) is 41.6 Å². The normalized spacial score (nSPS) is 15.7. The summed E-state index contributed by atoms with van der Waals surface area (Å²) in [6.45, 7) is -0.604. The quantitative estimate of drug-likeness (QED) is 0.474. The molecule has 0 unspecified atom stereocenters. The standard InChI is InChI=1S/C19H11ClF3NO4S2/c20-12-4-5-14(28-9-16(25)26)10(6-12)7-15-17(27)24(18(29)30-15)13-3-1-2-11(8-13)19(21,22)23/h1-8H,9H2,(H,25,26). The molecule has 0 spiro atoms. The molecule has 0 atom stereocenters. The summed E-state index contributed by atoms with van der Waals surface area (Å²) in [7, 11) is 0. The molecule has 1 fully saturated rings. The van der Waals surface area contributed by atoms with Crippen LogP contribution >= 0.6 is 35.6 Å². The third-order valence-corrected chi connectivity index (χ3v) is 5.37. The van der Waals surface area contributed by atoms with Crippen LogP contribution in [0.2, 0.25) is 5.02 Å². The van der Waals surface area contributed by atoms with Gasteiger partial charge in [0.15, 0.2) is 10.9 Å². The summed E-state index contributed by atoms with van der Waals surface area (Å²) < 4.78 is 44.3. The zero-order valence-corrected chi connectivity index (χ0v) is 17.2. The molecule has 11 heteroatoms. The number of carbonyl (C=O) groups excluding carboxylic acids is 1. The molecule has 0 aromatic heterocycles. The average Bonchev–Trinajstić information content (AvgIpc) is 2.93. The lowest BCUT2D eigenvalue weighted by Crippen LogP contribution is -2.27. The largest absolute Gasteiger partial charge is 0.481 e. The van der Waals surface area contributed by atoms with Crippen molar-refractivity contribution in [2.75, 3.05) is 11.5 Å². The lowest BCUT2D eigenvalue weighted by molar-refractivity contribution is -0.139. The van der Waals surface area contributed by atoms with Crippen LogP contribution in [-0.4, -0.2) is 27.9 Å². The molecule has 30 heavy (non-hydrogen) atoms. The fourth-order valence-corrected chi connectivity index (χ4v) is 4.03. The number of anilines is 1. The SMILES string of the molecule is O=C(O)COc1ccc(Cl)cc1C=C1SC(=S)N(c2cccc(C(F)(F)F)c2)C1=O. The highest BCUT2D eigenvalue weighted by atomic mass is 35.5. The first-order valence-electron chi connectivity index (χ1n) is 8.15. The smallest absolute Gasteiger partial charge is 0.416 e. The lowest BCUT2D eigenvalue weighted by Gasteiger charge is -2.16. The monoisotopic (exact) mass is 473 g/mol. The van der Waals surface area contributed by atoms with Crippen molar-refractivity contribution in [2.45, 2.75) is 6.18 Å². The number of nitrogens with zero attached hydrogens (tertiary/aromatic N) is 1. The molecule has 1 aliphatic rings. The number of ether oxygens (including phenoxy) is 1. The molecular weight excluding hydrogens is 463 g/mol. The third-order valence-electron chi connectivity index (χ3n) is 3.83. The van der Waals surface area contributed by atoms with Crippen LogP contribution in [0.4, 0.5) is 18.9 Å². The molecule has 5 nitrogen and oxygen atoms in total. The van der Waals surface area contributed by atoms with Crippen molar-refractivity contribution >= 4 is 63.5 Å². The minimum atomic E-state index is -4.57. The maximum atomic E-state index is 13.0. The van der Waals surface area contributed by atoms with Crippen molar-refractivity contribution in [3.05, 3.63) is 63.5 Å². The highest BCUT2D eigenvalue weighted by Gasteiger charge is 2.36. The summed E-state index contributed by atoms with van der Waals surface area (Å²) in [6.07, 6.45) is -3.17. The molecule has 3 rings (SSSR count). The van der Waals surface area contributed by atoms with Crippen LogP contribution in [0.15, 0.2) is 47.4 Å². The van der Waals surface area contributed by atoms with E-state index in [1.807, 2.05) is 0 Å². The van der Waals surface area contributed by atoms with Crippen LogP contribution in [0.5, 0.6) is 5.75 Å². The van der Waals surface area contributed by atoms with Gasteiger partial charge in [-0.3, -0.25) is 9.69 Å². The molecule has 0 saturated carbocycles. The number of amides is 1. The fourth-order valence-electron chi connectivity index (χ4n) is 2.56. The van der Waals surface area contributed by atoms with Crippen molar-refractivity contribution < 1.29 is 32.6 Å². The van der Waals surface area contributed by atoms with Crippen molar-refractivity contribution in [1.29, 1.82) is 0 Å². The van der Waals surface area contributed by atoms with Gasteiger partial charge in [-0.25, -0.2) is 4.79 Å².